The highest BCUT2D eigenvalue weighted by Gasteiger charge is 2.31. The summed E-state index contributed by atoms with van der Waals surface area (Å²) in [5, 5.41) is 4.53. The summed E-state index contributed by atoms with van der Waals surface area (Å²) in [4.78, 5) is 21.2. The zero-order valence-electron chi connectivity index (χ0n) is 20.4. The van der Waals surface area contributed by atoms with Crippen LogP contribution in [0.5, 0.6) is 0 Å². The number of furan rings is 1. The van der Waals surface area contributed by atoms with Gasteiger partial charge in [-0.15, -0.1) is 0 Å². The highest BCUT2D eigenvalue weighted by Crippen LogP contribution is 2.33. The van der Waals surface area contributed by atoms with Gasteiger partial charge < -0.3 is 9.32 Å². The Hall–Kier alpha value is -3.80. The number of benzene rings is 1. The van der Waals surface area contributed by atoms with E-state index in [0.29, 0.717) is 49.7 Å². The summed E-state index contributed by atoms with van der Waals surface area (Å²) in [6, 6.07) is 9.73. The minimum Gasteiger partial charge on any atom is -0.463 e. The van der Waals surface area contributed by atoms with Crippen molar-refractivity contribution in [3.8, 4) is 11.5 Å². The Bertz CT molecular complexity index is 1440. The van der Waals surface area contributed by atoms with Gasteiger partial charge in [0.15, 0.2) is 11.4 Å². The maximum absolute atomic E-state index is 13.9. The predicted octanol–water partition coefficient (Wildman–Crippen LogP) is 5.30. The molecule has 4 aromatic rings. The van der Waals surface area contributed by atoms with Crippen molar-refractivity contribution in [1.29, 1.82) is 0 Å². The molecule has 0 radical (unpaired) electrons. The third-order valence-corrected chi connectivity index (χ3v) is 6.59. The molecule has 0 aliphatic carbocycles. The Morgan fingerprint density at radius 3 is 2.50 bits per heavy atom. The summed E-state index contributed by atoms with van der Waals surface area (Å²) in [5.41, 5.74) is 0.349. The first-order valence-corrected chi connectivity index (χ1v) is 12.0. The number of alkyl halides is 5. The summed E-state index contributed by atoms with van der Waals surface area (Å²) in [5.74, 6) is 0.0688. The van der Waals surface area contributed by atoms with Gasteiger partial charge in [0.1, 0.15) is 12.2 Å². The van der Waals surface area contributed by atoms with E-state index in [1.807, 2.05) is 4.90 Å². The SMILES string of the molecule is Cc1nn(CC(=O)N2CCN(Cc3cccc(C(F)(F)F)c3)CC2)c2nc(-c3ccco3)cc(C(F)F)c12. The third-order valence-electron chi connectivity index (χ3n) is 6.59. The van der Waals surface area contributed by atoms with Crippen molar-refractivity contribution in [3.05, 3.63) is 71.1 Å². The number of hydrogen-bond acceptors (Lipinski definition) is 5. The minimum atomic E-state index is -4.40. The molecule has 0 unspecified atom stereocenters. The van der Waals surface area contributed by atoms with Crippen molar-refractivity contribution in [3.63, 3.8) is 0 Å². The molecule has 0 atom stereocenters. The number of aryl methyl sites for hydroxylation is 1. The van der Waals surface area contributed by atoms with Crippen LogP contribution in [-0.2, 0) is 24.1 Å². The number of pyridine rings is 1. The fourth-order valence-corrected chi connectivity index (χ4v) is 4.71. The first-order chi connectivity index (χ1) is 18.1. The lowest BCUT2D eigenvalue weighted by Gasteiger charge is -2.34. The summed E-state index contributed by atoms with van der Waals surface area (Å²) in [7, 11) is 0. The van der Waals surface area contributed by atoms with Crippen LogP contribution < -0.4 is 0 Å². The monoisotopic (exact) mass is 533 g/mol. The zero-order chi connectivity index (χ0) is 27.0. The Balaban J connectivity index is 1.29. The molecule has 0 bridgehead atoms. The molecule has 1 fully saturated rings. The van der Waals surface area contributed by atoms with Gasteiger partial charge in [0, 0.05) is 38.3 Å². The smallest absolute Gasteiger partial charge is 0.416 e. The Morgan fingerprint density at radius 2 is 1.84 bits per heavy atom. The summed E-state index contributed by atoms with van der Waals surface area (Å²) < 4.78 is 73.5. The second-order valence-electron chi connectivity index (χ2n) is 9.17. The largest absolute Gasteiger partial charge is 0.463 e. The van der Waals surface area contributed by atoms with E-state index < -0.39 is 18.2 Å². The van der Waals surface area contributed by atoms with E-state index in [2.05, 4.69) is 10.1 Å². The van der Waals surface area contributed by atoms with Crippen LogP contribution in [0.2, 0.25) is 0 Å². The Morgan fingerprint density at radius 1 is 1.08 bits per heavy atom. The Kier molecular flexibility index (Phi) is 6.91. The highest BCUT2D eigenvalue weighted by molar-refractivity contribution is 5.86. The number of piperazine rings is 1. The lowest BCUT2D eigenvalue weighted by Crippen LogP contribution is -2.49. The lowest BCUT2D eigenvalue weighted by molar-refractivity contribution is -0.137. The number of nitrogens with zero attached hydrogens (tertiary/aromatic N) is 5. The molecular weight excluding hydrogens is 509 g/mol. The molecule has 1 saturated heterocycles. The number of carbonyl (C=O) groups excluding carboxylic acids is 1. The molecule has 200 valence electrons. The van der Waals surface area contributed by atoms with Crippen LogP contribution in [-0.4, -0.2) is 56.7 Å². The first kappa shape index (κ1) is 25.8. The van der Waals surface area contributed by atoms with Gasteiger partial charge in [0.25, 0.3) is 6.43 Å². The molecule has 0 N–H and O–H groups in total. The molecule has 5 rings (SSSR count). The Labute approximate surface area is 214 Å². The molecule has 0 spiro atoms. The van der Waals surface area contributed by atoms with Gasteiger partial charge in [-0.2, -0.15) is 18.3 Å². The quantitative estimate of drug-likeness (QED) is 0.315. The number of rotatable bonds is 6. The number of halogens is 5. The molecule has 1 aromatic carbocycles. The van der Waals surface area contributed by atoms with Gasteiger partial charge in [-0.3, -0.25) is 9.69 Å². The van der Waals surface area contributed by atoms with Crippen molar-refractivity contribution < 1.29 is 31.2 Å². The minimum absolute atomic E-state index is 0.170. The number of hydrogen-bond donors (Lipinski definition) is 0. The molecular formula is C26H24F5N5O2. The molecule has 7 nitrogen and oxygen atoms in total. The van der Waals surface area contributed by atoms with Gasteiger partial charge in [0.05, 0.1) is 22.9 Å². The number of fused-ring (bicyclic) bond motifs is 1. The van der Waals surface area contributed by atoms with Crippen molar-refractivity contribution in [1.82, 2.24) is 24.6 Å². The fraction of sp³-hybridized carbons (Fsp3) is 0.346. The van der Waals surface area contributed by atoms with Crippen molar-refractivity contribution >= 4 is 16.9 Å². The maximum Gasteiger partial charge on any atom is 0.416 e. The van der Waals surface area contributed by atoms with Crippen molar-refractivity contribution in [2.75, 3.05) is 26.2 Å². The lowest BCUT2D eigenvalue weighted by atomic mass is 10.1. The van der Waals surface area contributed by atoms with Crippen LogP contribution in [0.3, 0.4) is 0 Å². The molecule has 0 saturated carbocycles. The van der Waals surface area contributed by atoms with Crippen molar-refractivity contribution in [2.45, 2.75) is 32.6 Å². The number of amides is 1. The topological polar surface area (TPSA) is 67.4 Å². The van der Waals surface area contributed by atoms with Crippen LogP contribution in [0.15, 0.2) is 53.1 Å². The summed E-state index contributed by atoms with van der Waals surface area (Å²) in [6.07, 6.45) is -5.76. The second-order valence-corrected chi connectivity index (χ2v) is 9.17. The standard InChI is InChI=1S/C26H24F5N5O2/c1-16-23-19(24(27)28)13-20(21-6-3-11-38-21)32-25(23)36(33-16)15-22(37)35-9-7-34(8-10-35)14-17-4-2-5-18(12-17)26(29,30)31/h2-6,11-13,24H,7-10,14-15H2,1H3. The summed E-state index contributed by atoms with van der Waals surface area (Å²) in [6.45, 7) is 3.47. The third kappa shape index (κ3) is 5.26. The van der Waals surface area contributed by atoms with Crippen LogP contribution >= 0.6 is 0 Å². The van der Waals surface area contributed by atoms with E-state index in [9.17, 15) is 26.7 Å². The fourth-order valence-electron chi connectivity index (χ4n) is 4.71. The molecule has 1 aliphatic heterocycles. The van der Waals surface area contributed by atoms with Gasteiger partial charge >= 0.3 is 6.18 Å². The van der Waals surface area contributed by atoms with Crippen molar-refractivity contribution in [2.24, 2.45) is 0 Å². The molecule has 4 heterocycles. The van der Waals surface area contributed by atoms with Crippen LogP contribution in [0.1, 0.15) is 28.8 Å². The van der Waals surface area contributed by atoms with Gasteiger partial charge in [-0.25, -0.2) is 18.4 Å². The average Bonchev–Trinajstić information content (AvgIpc) is 3.52. The van der Waals surface area contributed by atoms with E-state index in [1.54, 1.807) is 30.0 Å². The molecule has 1 amide bonds. The van der Waals surface area contributed by atoms with Crippen LogP contribution in [0.4, 0.5) is 22.0 Å². The molecule has 12 heteroatoms. The van der Waals surface area contributed by atoms with Gasteiger partial charge in [-0.1, -0.05) is 18.2 Å². The normalized spacial score (nSPS) is 15.1. The van der Waals surface area contributed by atoms with E-state index in [-0.39, 0.29) is 34.7 Å². The van der Waals surface area contributed by atoms with E-state index in [4.69, 9.17) is 4.42 Å². The van der Waals surface area contributed by atoms with Crippen LogP contribution in [0, 0.1) is 6.92 Å². The van der Waals surface area contributed by atoms with E-state index in [0.717, 1.165) is 12.1 Å². The number of carbonyl (C=O) groups is 1. The molecule has 38 heavy (non-hydrogen) atoms. The first-order valence-electron chi connectivity index (χ1n) is 12.0. The summed E-state index contributed by atoms with van der Waals surface area (Å²) >= 11 is 0. The molecule has 3 aromatic heterocycles. The average molecular weight is 534 g/mol. The molecule has 1 aliphatic rings. The second kappa shape index (κ2) is 10.2. The van der Waals surface area contributed by atoms with Crippen LogP contribution in [0.25, 0.3) is 22.5 Å². The van der Waals surface area contributed by atoms with Gasteiger partial charge in [-0.05, 0) is 36.8 Å². The van der Waals surface area contributed by atoms with Gasteiger partial charge in [0.2, 0.25) is 5.91 Å². The number of aromatic nitrogens is 3. The van der Waals surface area contributed by atoms with E-state index in [1.165, 1.54) is 23.1 Å². The van der Waals surface area contributed by atoms with E-state index >= 15 is 0 Å². The predicted molar refractivity (Wildman–Crippen MR) is 128 cm³/mol. The maximum atomic E-state index is 13.9. The zero-order valence-corrected chi connectivity index (χ0v) is 20.4. The highest BCUT2D eigenvalue weighted by atomic mass is 19.4.